The van der Waals surface area contributed by atoms with Gasteiger partial charge in [0.2, 0.25) is 0 Å². The van der Waals surface area contributed by atoms with Gasteiger partial charge < -0.3 is 15.8 Å². The average Bonchev–Trinajstić information content (AvgIpc) is 3.22. The summed E-state index contributed by atoms with van der Waals surface area (Å²) < 4.78 is 5.71. The van der Waals surface area contributed by atoms with Crippen LogP contribution in [0, 0.1) is 5.92 Å². The molecule has 100 valence electrons. The number of hydrogen-bond donors (Lipinski definition) is 2. The van der Waals surface area contributed by atoms with Crippen LogP contribution in [0.3, 0.4) is 0 Å². The molecule has 18 heavy (non-hydrogen) atoms. The number of ether oxygens (including phenoxy) is 1. The molecule has 1 aliphatic carbocycles. The molecule has 3 N–H and O–H groups in total. The number of pyridine rings is 1. The van der Waals surface area contributed by atoms with Crippen molar-refractivity contribution in [2.75, 3.05) is 18.5 Å². The molecule has 0 aromatic carbocycles. The molecule has 1 saturated carbocycles. The van der Waals surface area contributed by atoms with Crippen LogP contribution in [0.15, 0.2) is 18.3 Å². The zero-order valence-corrected chi connectivity index (χ0v) is 11.3. The van der Waals surface area contributed by atoms with Gasteiger partial charge in [-0.3, -0.25) is 0 Å². The molecule has 4 nitrogen and oxygen atoms in total. The van der Waals surface area contributed by atoms with Crippen LogP contribution >= 0.6 is 0 Å². The van der Waals surface area contributed by atoms with Crippen LogP contribution in [-0.4, -0.2) is 23.7 Å². The van der Waals surface area contributed by atoms with Crippen molar-refractivity contribution in [1.82, 2.24) is 4.98 Å². The molecule has 1 unspecified atom stereocenters. The Balaban J connectivity index is 2.11. The molecular formula is C14H23N3O. The van der Waals surface area contributed by atoms with Crippen molar-refractivity contribution in [1.29, 1.82) is 0 Å². The van der Waals surface area contributed by atoms with E-state index in [1.807, 2.05) is 12.1 Å². The summed E-state index contributed by atoms with van der Waals surface area (Å²) in [6.07, 6.45) is 5.27. The van der Waals surface area contributed by atoms with Crippen molar-refractivity contribution in [3.8, 4) is 5.75 Å². The van der Waals surface area contributed by atoms with Gasteiger partial charge in [-0.15, -0.1) is 0 Å². The third-order valence-electron chi connectivity index (χ3n) is 3.54. The predicted molar refractivity (Wildman–Crippen MR) is 73.8 cm³/mol. The van der Waals surface area contributed by atoms with Gasteiger partial charge in [-0.2, -0.15) is 0 Å². The van der Waals surface area contributed by atoms with Gasteiger partial charge in [0.25, 0.3) is 0 Å². The fourth-order valence-electron chi connectivity index (χ4n) is 2.12. The topological polar surface area (TPSA) is 60.2 Å². The van der Waals surface area contributed by atoms with Crippen LogP contribution in [0.2, 0.25) is 0 Å². The number of nitrogens with zero attached hydrogens (tertiary/aromatic N) is 1. The molecule has 0 saturated heterocycles. The van der Waals surface area contributed by atoms with Crippen LogP contribution in [0.1, 0.15) is 33.1 Å². The van der Waals surface area contributed by atoms with Crippen LogP contribution in [-0.2, 0) is 0 Å². The summed E-state index contributed by atoms with van der Waals surface area (Å²) in [7, 11) is 0. The Bertz CT molecular complexity index is 392. The minimum Gasteiger partial charge on any atom is -0.490 e. The maximum absolute atomic E-state index is 5.91. The molecule has 1 fully saturated rings. The number of rotatable bonds is 7. The highest BCUT2D eigenvalue weighted by Gasteiger charge is 2.41. The molecule has 1 aromatic rings. The first-order chi connectivity index (χ1) is 8.69. The number of aromatic nitrogens is 1. The molecule has 4 heteroatoms. The van der Waals surface area contributed by atoms with Crippen molar-refractivity contribution in [3.05, 3.63) is 18.3 Å². The predicted octanol–water partition coefficient (Wildman–Crippen LogP) is 2.41. The molecule has 0 amide bonds. The minimum absolute atomic E-state index is 0.0708. The first kappa shape index (κ1) is 13.1. The number of anilines is 1. The molecule has 1 aliphatic rings. The molecule has 1 aromatic heterocycles. The van der Waals surface area contributed by atoms with Crippen LogP contribution in [0.4, 0.5) is 5.82 Å². The summed E-state index contributed by atoms with van der Waals surface area (Å²) in [6.45, 7) is 5.59. The first-order valence-corrected chi connectivity index (χ1v) is 6.75. The highest BCUT2D eigenvalue weighted by molar-refractivity contribution is 5.51. The Morgan fingerprint density at radius 1 is 1.56 bits per heavy atom. The molecule has 1 heterocycles. The highest BCUT2D eigenvalue weighted by atomic mass is 16.5. The van der Waals surface area contributed by atoms with Crippen molar-refractivity contribution in [2.24, 2.45) is 11.7 Å². The minimum atomic E-state index is -0.0708. The van der Waals surface area contributed by atoms with E-state index in [0.717, 1.165) is 18.0 Å². The number of nitrogens with two attached hydrogens (primary N) is 1. The van der Waals surface area contributed by atoms with E-state index in [2.05, 4.69) is 24.1 Å². The fourth-order valence-corrected chi connectivity index (χ4v) is 2.12. The summed E-state index contributed by atoms with van der Waals surface area (Å²) in [6, 6.07) is 3.85. The van der Waals surface area contributed by atoms with Crippen molar-refractivity contribution < 1.29 is 4.74 Å². The average molecular weight is 249 g/mol. The maximum Gasteiger partial charge on any atom is 0.169 e. The summed E-state index contributed by atoms with van der Waals surface area (Å²) in [5.41, 5.74) is 5.84. The SMILES string of the molecule is CCCOc1cccnc1NC(C)(CN)C1CC1. The maximum atomic E-state index is 5.91. The molecule has 0 aliphatic heterocycles. The van der Waals surface area contributed by atoms with Crippen LogP contribution in [0.25, 0.3) is 0 Å². The Labute approximate surface area is 109 Å². The first-order valence-electron chi connectivity index (χ1n) is 6.75. The fraction of sp³-hybridized carbons (Fsp3) is 0.643. The van der Waals surface area contributed by atoms with E-state index in [1.54, 1.807) is 6.20 Å². The standard InChI is InChI=1S/C14H23N3O/c1-3-9-18-12-5-4-8-16-13(12)17-14(2,10-15)11-6-7-11/h4-5,8,11H,3,6-7,9-10,15H2,1-2H3,(H,16,17). The van der Waals surface area contributed by atoms with Gasteiger partial charge in [-0.25, -0.2) is 4.98 Å². The monoisotopic (exact) mass is 249 g/mol. The lowest BCUT2D eigenvalue weighted by molar-refractivity contribution is 0.316. The second kappa shape index (κ2) is 5.57. The third kappa shape index (κ3) is 2.93. The lowest BCUT2D eigenvalue weighted by Crippen LogP contribution is -2.45. The summed E-state index contributed by atoms with van der Waals surface area (Å²) in [4.78, 5) is 4.38. The smallest absolute Gasteiger partial charge is 0.169 e. The van der Waals surface area contributed by atoms with E-state index in [0.29, 0.717) is 19.1 Å². The number of nitrogens with one attached hydrogen (secondary N) is 1. The van der Waals surface area contributed by atoms with Crippen LogP contribution < -0.4 is 15.8 Å². The van der Waals surface area contributed by atoms with Crippen molar-refractivity contribution in [3.63, 3.8) is 0 Å². The van der Waals surface area contributed by atoms with Gasteiger partial charge in [0, 0.05) is 12.7 Å². The van der Waals surface area contributed by atoms with E-state index in [-0.39, 0.29) is 5.54 Å². The van der Waals surface area contributed by atoms with Gasteiger partial charge in [0.05, 0.1) is 12.1 Å². The van der Waals surface area contributed by atoms with E-state index >= 15 is 0 Å². The van der Waals surface area contributed by atoms with Gasteiger partial charge in [-0.05, 0) is 44.2 Å². The largest absolute Gasteiger partial charge is 0.490 e. The Morgan fingerprint density at radius 2 is 2.33 bits per heavy atom. The molecule has 0 spiro atoms. The van der Waals surface area contributed by atoms with Gasteiger partial charge in [-0.1, -0.05) is 6.92 Å². The van der Waals surface area contributed by atoms with Crippen LogP contribution in [0.5, 0.6) is 5.75 Å². The zero-order chi connectivity index (χ0) is 13.0. The Kier molecular flexibility index (Phi) is 4.07. The molecule has 0 radical (unpaired) electrons. The molecule has 1 atom stereocenters. The van der Waals surface area contributed by atoms with E-state index < -0.39 is 0 Å². The van der Waals surface area contributed by atoms with E-state index in [1.165, 1.54) is 12.8 Å². The summed E-state index contributed by atoms with van der Waals surface area (Å²) in [5.74, 6) is 2.29. The summed E-state index contributed by atoms with van der Waals surface area (Å²) >= 11 is 0. The summed E-state index contributed by atoms with van der Waals surface area (Å²) in [5, 5.41) is 3.48. The van der Waals surface area contributed by atoms with Gasteiger partial charge in [0.1, 0.15) is 0 Å². The lowest BCUT2D eigenvalue weighted by atomic mass is 9.96. The van der Waals surface area contributed by atoms with Gasteiger partial charge >= 0.3 is 0 Å². The normalized spacial score (nSPS) is 18.2. The zero-order valence-electron chi connectivity index (χ0n) is 11.3. The Hall–Kier alpha value is -1.29. The second-order valence-electron chi connectivity index (χ2n) is 5.22. The lowest BCUT2D eigenvalue weighted by Gasteiger charge is -2.30. The highest BCUT2D eigenvalue weighted by Crippen LogP contribution is 2.41. The number of hydrogen-bond acceptors (Lipinski definition) is 4. The molecule has 2 rings (SSSR count). The van der Waals surface area contributed by atoms with E-state index in [4.69, 9.17) is 10.5 Å². The molecule has 0 bridgehead atoms. The quantitative estimate of drug-likeness (QED) is 0.779. The Morgan fingerprint density at radius 3 is 2.94 bits per heavy atom. The third-order valence-corrected chi connectivity index (χ3v) is 3.54. The van der Waals surface area contributed by atoms with Crippen molar-refractivity contribution in [2.45, 2.75) is 38.6 Å². The molecular weight excluding hydrogens is 226 g/mol. The van der Waals surface area contributed by atoms with Crippen molar-refractivity contribution >= 4 is 5.82 Å². The van der Waals surface area contributed by atoms with Gasteiger partial charge in [0.15, 0.2) is 11.6 Å². The van der Waals surface area contributed by atoms with E-state index in [9.17, 15) is 0 Å². The second-order valence-corrected chi connectivity index (χ2v) is 5.22.